The van der Waals surface area contributed by atoms with Crippen molar-refractivity contribution >= 4 is 5.91 Å². The van der Waals surface area contributed by atoms with Crippen molar-refractivity contribution in [3.05, 3.63) is 23.2 Å². The Morgan fingerprint density at radius 3 is 2.79 bits per heavy atom. The van der Waals surface area contributed by atoms with Crippen LogP contribution in [0.3, 0.4) is 0 Å². The van der Waals surface area contributed by atoms with Crippen LogP contribution in [0.25, 0.3) is 0 Å². The van der Waals surface area contributed by atoms with Gasteiger partial charge in [-0.25, -0.2) is 0 Å². The first kappa shape index (κ1) is 19.0. The van der Waals surface area contributed by atoms with Gasteiger partial charge in [-0.2, -0.15) is 0 Å². The first-order valence-corrected chi connectivity index (χ1v) is 9.35. The number of likely N-dealkylation sites (tertiary alicyclic amines) is 1. The molecule has 1 aromatic heterocycles. The molecule has 0 spiro atoms. The number of amides is 1. The van der Waals surface area contributed by atoms with Gasteiger partial charge in [0.05, 0.1) is 12.1 Å². The fourth-order valence-corrected chi connectivity index (χ4v) is 3.47. The summed E-state index contributed by atoms with van der Waals surface area (Å²) in [4.78, 5) is 17.1. The van der Waals surface area contributed by atoms with Crippen LogP contribution < -0.4 is 5.32 Å². The van der Waals surface area contributed by atoms with E-state index in [2.05, 4.69) is 36.0 Å². The molecule has 1 fully saturated rings. The maximum absolute atomic E-state index is 12.4. The fourth-order valence-electron chi connectivity index (χ4n) is 3.47. The van der Waals surface area contributed by atoms with Gasteiger partial charge in [-0.3, -0.25) is 9.69 Å². The smallest absolute Gasteiger partial charge is 0.254 e. The van der Waals surface area contributed by atoms with Crippen LogP contribution in [-0.2, 0) is 6.54 Å². The van der Waals surface area contributed by atoms with Gasteiger partial charge in [0.25, 0.3) is 5.91 Å². The maximum Gasteiger partial charge on any atom is 0.254 e. The second-order valence-corrected chi connectivity index (χ2v) is 6.82. The van der Waals surface area contributed by atoms with Gasteiger partial charge in [-0.05, 0) is 58.9 Å². The van der Waals surface area contributed by atoms with Gasteiger partial charge in [0, 0.05) is 12.6 Å². The van der Waals surface area contributed by atoms with E-state index in [9.17, 15) is 4.79 Å². The van der Waals surface area contributed by atoms with Gasteiger partial charge in [0.2, 0.25) is 0 Å². The van der Waals surface area contributed by atoms with Crippen LogP contribution in [0.5, 0.6) is 0 Å². The third kappa shape index (κ3) is 5.08. The lowest BCUT2D eigenvalue weighted by atomic mass is 10.0. The molecule has 136 valence electrons. The van der Waals surface area contributed by atoms with E-state index < -0.39 is 0 Å². The van der Waals surface area contributed by atoms with E-state index in [1.54, 1.807) is 0 Å². The van der Waals surface area contributed by atoms with Crippen molar-refractivity contribution in [3.63, 3.8) is 0 Å². The highest BCUT2D eigenvalue weighted by molar-refractivity contribution is 5.95. The predicted octanol–water partition coefficient (Wildman–Crippen LogP) is 3.03. The van der Waals surface area contributed by atoms with Crippen molar-refractivity contribution in [1.29, 1.82) is 0 Å². The van der Waals surface area contributed by atoms with Gasteiger partial charge in [0.15, 0.2) is 0 Å². The standard InChI is InChI=1S/C19H33N3O2/c1-5-22(6-2)14-17-13-18(15(3)24-17)19(23)20-11-10-16-9-7-8-12-21(16)4/h13,16H,5-12,14H2,1-4H3,(H,20,23)/t16-/m0/s1. The Morgan fingerprint density at radius 1 is 1.38 bits per heavy atom. The Bertz CT molecular complexity index is 523. The minimum Gasteiger partial charge on any atom is -0.464 e. The molecule has 2 rings (SSSR count). The average molecular weight is 335 g/mol. The topological polar surface area (TPSA) is 48.7 Å². The van der Waals surface area contributed by atoms with E-state index in [0.717, 1.165) is 38.4 Å². The van der Waals surface area contributed by atoms with Crippen LogP contribution in [0.1, 0.15) is 61.4 Å². The number of nitrogens with one attached hydrogen (secondary N) is 1. The zero-order chi connectivity index (χ0) is 17.5. The monoisotopic (exact) mass is 335 g/mol. The second kappa shape index (κ2) is 9.23. The molecule has 5 nitrogen and oxygen atoms in total. The molecule has 1 N–H and O–H groups in total. The minimum absolute atomic E-state index is 0.0134. The Balaban J connectivity index is 1.84. The zero-order valence-electron chi connectivity index (χ0n) is 15.7. The maximum atomic E-state index is 12.4. The summed E-state index contributed by atoms with van der Waals surface area (Å²) in [6, 6.07) is 2.50. The molecule has 24 heavy (non-hydrogen) atoms. The molecule has 2 heterocycles. The molecule has 0 aromatic carbocycles. The molecule has 1 saturated heterocycles. The number of rotatable bonds is 8. The number of nitrogens with zero attached hydrogens (tertiary/aromatic N) is 2. The highest BCUT2D eigenvalue weighted by atomic mass is 16.3. The minimum atomic E-state index is -0.0134. The molecule has 0 bridgehead atoms. The quantitative estimate of drug-likeness (QED) is 0.793. The lowest BCUT2D eigenvalue weighted by molar-refractivity contribution is 0.0944. The fraction of sp³-hybridized carbons (Fsp3) is 0.737. The largest absolute Gasteiger partial charge is 0.464 e. The Morgan fingerprint density at radius 2 is 2.12 bits per heavy atom. The van der Waals surface area contributed by atoms with E-state index in [1.165, 1.54) is 25.8 Å². The molecule has 0 saturated carbocycles. The summed E-state index contributed by atoms with van der Waals surface area (Å²) >= 11 is 0. The molecular weight excluding hydrogens is 302 g/mol. The third-order valence-electron chi connectivity index (χ3n) is 5.17. The first-order chi connectivity index (χ1) is 11.5. The highest BCUT2D eigenvalue weighted by Gasteiger charge is 2.20. The lowest BCUT2D eigenvalue weighted by Crippen LogP contribution is -2.39. The van der Waals surface area contributed by atoms with E-state index in [4.69, 9.17) is 4.42 Å². The normalized spacial score (nSPS) is 19.0. The Labute approximate surface area is 146 Å². The SMILES string of the molecule is CCN(CC)Cc1cc(C(=O)NCC[C@@H]2CCCCN2C)c(C)o1. The molecule has 0 aliphatic carbocycles. The predicted molar refractivity (Wildman–Crippen MR) is 97.3 cm³/mol. The van der Waals surface area contributed by atoms with Crippen molar-refractivity contribution < 1.29 is 9.21 Å². The summed E-state index contributed by atoms with van der Waals surface area (Å²) in [6.07, 6.45) is 4.86. The number of carbonyl (C=O) groups excluding carboxylic acids is 1. The van der Waals surface area contributed by atoms with Crippen molar-refractivity contribution in [2.75, 3.05) is 33.2 Å². The van der Waals surface area contributed by atoms with E-state index in [-0.39, 0.29) is 5.91 Å². The molecule has 1 aliphatic rings. The van der Waals surface area contributed by atoms with Crippen LogP contribution in [0.4, 0.5) is 0 Å². The van der Waals surface area contributed by atoms with Crippen LogP contribution >= 0.6 is 0 Å². The molecular formula is C19H33N3O2. The molecule has 1 atom stereocenters. The Kier molecular flexibility index (Phi) is 7.31. The lowest BCUT2D eigenvalue weighted by Gasteiger charge is -2.32. The molecule has 0 unspecified atom stereocenters. The van der Waals surface area contributed by atoms with Crippen molar-refractivity contribution in [1.82, 2.24) is 15.1 Å². The first-order valence-electron chi connectivity index (χ1n) is 9.35. The Hall–Kier alpha value is -1.33. The number of hydrogen-bond acceptors (Lipinski definition) is 4. The van der Waals surface area contributed by atoms with Gasteiger partial charge in [-0.15, -0.1) is 0 Å². The number of hydrogen-bond donors (Lipinski definition) is 1. The summed E-state index contributed by atoms with van der Waals surface area (Å²) in [6.45, 7) is 10.8. The summed E-state index contributed by atoms with van der Waals surface area (Å²) in [5.41, 5.74) is 0.675. The highest BCUT2D eigenvalue weighted by Crippen LogP contribution is 2.18. The number of aryl methyl sites for hydroxylation is 1. The summed E-state index contributed by atoms with van der Waals surface area (Å²) in [5, 5.41) is 3.06. The van der Waals surface area contributed by atoms with Gasteiger partial charge in [0.1, 0.15) is 11.5 Å². The van der Waals surface area contributed by atoms with Gasteiger partial charge in [-0.1, -0.05) is 20.3 Å². The average Bonchev–Trinajstić information content (AvgIpc) is 2.94. The van der Waals surface area contributed by atoms with Crippen LogP contribution in [0.2, 0.25) is 0 Å². The summed E-state index contributed by atoms with van der Waals surface area (Å²) in [5.74, 6) is 1.57. The van der Waals surface area contributed by atoms with Crippen molar-refractivity contribution in [2.24, 2.45) is 0 Å². The molecule has 1 amide bonds. The second-order valence-electron chi connectivity index (χ2n) is 6.82. The molecule has 1 aromatic rings. The summed E-state index contributed by atoms with van der Waals surface area (Å²) in [7, 11) is 2.19. The molecule has 5 heteroatoms. The van der Waals surface area contributed by atoms with E-state index >= 15 is 0 Å². The van der Waals surface area contributed by atoms with Crippen LogP contribution in [-0.4, -0.2) is 55.0 Å². The number of carbonyl (C=O) groups is 1. The number of furan rings is 1. The third-order valence-corrected chi connectivity index (χ3v) is 5.17. The van der Waals surface area contributed by atoms with Crippen LogP contribution in [0, 0.1) is 6.92 Å². The van der Waals surface area contributed by atoms with Crippen molar-refractivity contribution in [2.45, 2.75) is 59.0 Å². The molecule has 1 aliphatic heterocycles. The van der Waals surface area contributed by atoms with Gasteiger partial charge < -0.3 is 14.6 Å². The van der Waals surface area contributed by atoms with Gasteiger partial charge >= 0.3 is 0 Å². The van der Waals surface area contributed by atoms with Crippen molar-refractivity contribution in [3.8, 4) is 0 Å². The van der Waals surface area contributed by atoms with Crippen LogP contribution in [0.15, 0.2) is 10.5 Å². The summed E-state index contributed by atoms with van der Waals surface area (Å²) < 4.78 is 5.77. The van der Waals surface area contributed by atoms with E-state index in [0.29, 0.717) is 17.4 Å². The zero-order valence-corrected chi connectivity index (χ0v) is 15.7. The number of piperidine rings is 1. The van der Waals surface area contributed by atoms with E-state index in [1.807, 2.05) is 13.0 Å². The molecule has 0 radical (unpaired) electrons.